The van der Waals surface area contributed by atoms with Crippen molar-refractivity contribution in [2.45, 2.75) is 26.2 Å². The van der Waals surface area contributed by atoms with Crippen LogP contribution < -0.4 is 5.32 Å². The number of carboxylic acid groups (broad SMARTS) is 2. The molecule has 4 N–H and O–H groups in total. The highest BCUT2D eigenvalue weighted by atomic mass is 16.4. The minimum absolute atomic E-state index is 0.317. The molecule has 0 aliphatic heterocycles. The predicted molar refractivity (Wildman–Crippen MR) is 116 cm³/mol. The molecule has 0 aliphatic rings. The van der Waals surface area contributed by atoms with Crippen LogP contribution in [0.1, 0.15) is 31.7 Å². The van der Waals surface area contributed by atoms with E-state index in [4.69, 9.17) is 15.3 Å². The van der Waals surface area contributed by atoms with Crippen LogP contribution in [0.15, 0.2) is 74.4 Å². The molecule has 0 saturated heterocycles. The number of hydrogen-bond acceptors (Lipinski definition) is 4. The van der Waals surface area contributed by atoms with Gasteiger partial charge in [-0.3, -0.25) is 4.79 Å². The molecule has 0 atom stereocenters. The van der Waals surface area contributed by atoms with Gasteiger partial charge in [0.25, 0.3) is 0 Å². The van der Waals surface area contributed by atoms with Crippen LogP contribution in [0.25, 0.3) is 6.08 Å². The average molecular weight is 405 g/mol. The highest BCUT2D eigenvalue weighted by molar-refractivity contribution is 5.86. The molecule has 160 valence electrons. The number of aliphatic hydroxyl groups excluding tert-OH is 1. The maximum atomic E-state index is 10.1. The number of carbonyl (C=O) groups is 3. The van der Waals surface area contributed by atoms with Crippen LogP contribution in [0.2, 0.25) is 0 Å². The molecule has 0 saturated carbocycles. The van der Waals surface area contributed by atoms with E-state index in [0.717, 1.165) is 25.0 Å². The minimum atomic E-state index is -0.981. The van der Waals surface area contributed by atoms with E-state index < -0.39 is 11.9 Å². The maximum Gasteiger partial charge on any atom is 0.330 e. The van der Waals surface area contributed by atoms with Crippen molar-refractivity contribution in [1.82, 2.24) is 5.32 Å². The molecule has 0 heterocycles. The van der Waals surface area contributed by atoms with Crippen molar-refractivity contribution in [3.8, 4) is 0 Å². The Kier molecular flexibility index (Phi) is 23.6. The Labute approximate surface area is 172 Å². The zero-order valence-corrected chi connectivity index (χ0v) is 16.8. The predicted octanol–water partition coefficient (Wildman–Crippen LogP) is 3.64. The molecule has 1 rings (SSSR count). The molecule has 1 aromatic rings. The lowest BCUT2D eigenvalue weighted by Crippen LogP contribution is -2.20. The first-order valence-corrected chi connectivity index (χ1v) is 8.65. The number of rotatable bonds is 8. The monoisotopic (exact) mass is 405 g/mol. The summed E-state index contributed by atoms with van der Waals surface area (Å²) in [6.45, 7) is 14.8. The van der Waals surface area contributed by atoms with Gasteiger partial charge in [-0.1, -0.05) is 76.1 Å². The number of hydrogen-bond donors (Lipinski definition) is 4. The summed E-state index contributed by atoms with van der Waals surface area (Å²) in [4.78, 5) is 29.4. The van der Waals surface area contributed by atoms with Gasteiger partial charge in [-0.2, -0.15) is 0 Å². The molecule has 1 aromatic carbocycles. The molecular weight excluding hydrogens is 374 g/mol. The number of carboxylic acids is 2. The van der Waals surface area contributed by atoms with E-state index >= 15 is 0 Å². The van der Waals surface area contributed by atoms with Gasteiger partial charge in [-0.25, -0.2) is 9.59 Å². The first-order chi connectivity index (χ1) is 13.7. The number of aliphatic carboxylic acids is 2. The Balaban J connectivity index is -0.000000317. The van der Waals surface area contributed by atoms with Gasteiger partial charge < -0.3 is 20.6 Å². The lowest BCUT2D eigenvalue weighted by Gasteiger charge is -1.95. The quantitative estimate of drug-likeness (QED) is 0.387. The molecule has 0 radical (unpaired) electrons. The van der Waals surface area contributed by atoms with Gasteiger partial charge in [0.05, 0.1) is 0 Å². The lowest BCUT2D eigenvalue weighted by atomic mass is 10.1. The van der Waals surface area contributed by atoms with Gasteiger partial charge in [-0.05, 0) is 24.5 Å². The summed E-state index contributed by atoms with van der Waals surface area (Å²) in [7, 11) is 0. The lowest BCUT2D eigenvalue weighted by molar-refractivity contribution is -0.133. The van der Waals surface area contributed by atoms with Gasteiger partial charge in [0, 0.05) is 11.6 Å². The number of carbonyl (C=O) groups excluding carboxylic acids is 1. The van der Waals surface area contributed by atoms with Crippen molar-refractivity contribution < 1.29 is 29.7 Å². The smallest absolute Gasteiger partial charge is 0.330 e. The molecule has 0 fully saturated rings. The summed E-state index contributed by atoms with van der Waals surface area (Å²) in [5.74, 6) is -2.21. The minimum Gasteiger partial charge on any atom is -0.478 e. The number of benzene rings is 1. The number of unbranched alkanes of at least 4 members (excludes halogenated alkanes) is 1. The van der Waals surface area contributed by atoms with E-state index in [2.05, 4.69) is 31.6 Å². The largest absolute Gasteiger partial charge is 0.478 e. The van der Waals surface area contributed by atoms with E-state index in [0.29, 0.717) is 12.0 Å². The van der Waals surface area contributed by atoms with Gasteiger partial charge in [0.2, 0.25) is 5.91 Å². The first-order valence-electron chi connectivity index (χ1n) is 8.65. The van der Waals surface area contributed by atoms with Crippen molar-refractivity contribution in [1.29, 1.82) is 0 Å². The first kappa shape index (κ1) is 30.3. The Hall–Kier alpha value is -3.45. The second-order valence-electron chi connectivity index (χ2n) is 5.07. The van der Waals surface area contributed by atoms with Crippen LogP contribution >= 0.6 is 0 Å². The molecule has 0 unspecified atom stereocenters. The van der Waals surface area contributed by atoms with Gasteiger partial charge in [0.1, 0.15) is 6.73 Å². The highest BCUT2D eigenvalue weighted by Crippen LogP contribution is 2.03. The van der Waals surface area contributed by atoms with Crippen molar-refractivity contribution in [3.05, 3.63) is 79.9 Å². The van der Waals surface area contributed by atoms with Crippen LogP contribution in [-0.4, -0.2) is 39.9 Å². The SMILES string of the molecule is C=C(CCCC)C(=O)O.C=CC(=O)NCO.C=CC(=O)O.C=Cc1ccccc1. The Bertz CT molecular complexity index is 638. The third kappa shape index (κ3) is 26.9. The van der Waals surface area contributed by atoms with E-state index in [1.165, 1.54) is 5.56 Å². The van der Waals surface area contributed by atoms with E-state index in [1.807, 2.05) is 43.3 Å². The summed E-state index contributed by atoms with van der Waals surface area (Å²) >= 11 is 0. The van der Waals surface area contributed by atoms with Gasteiger partial charge in [0.15, 0.2) is 0 Å². The third-order valence-corrected chi connectivity index (χ3v) is 2.78. The van der Waals surface area contributed by atoms with Crippen LogP contribution in [0.3, 0.4) is 0 Å². The van der Waals surface area contributed by atoms with Crippen molar-refractivity contribution >= 4 is 23.9 Å². The number of aliphatic hydroxyl groups is 1. The number of amides is 1. The summed E-state index contributed by atoms with van der Waals surface area (Å²) < 4.78 is 0. The Morgan fingerprint density at radius 2 is 1.55 bits per heavy atom. The van der Waals surface area contributed by atoms with E-state index in [9.17, 15) is 14.4 Å². The van der Waals surface area contributed by atoms with Crippen LogP contribution in [0, 0.1) is 0 Å². The number of nitrogens with one attached hydrogen (secondary N) is 1. The van der Waals surface area contributed by atoms with Crippen LogP contribution in [-0.2, 0) is 14.4 Å². The summed E-state index contributed by atoms with van der Waals surface area (Å²) in [5, 5.41) is 26.0. The molecule has 0 aliphatic carbocycles. The molecule has 1 amide bonds. The third-order valence-electron chi connectivity index (χ3n) is 2.78. The summed E-state index contributed by atoms with van der Waals surface area (Å²) in [6.07, 6.45) is 6.32. The fraction of sp³-hybridized carbons (Fsp3) is 0.227. The molecule has 0 spiro atoms. The second kappa shape index (κ2) is 22.6. The average Bonchev–Trinajstić information content (AvgIpc) is 2.73. The molecule has 7 nitrogen and oxygen atoms in total. The van der Waals surface area contributed by atoms with Crippen LogP contribution in [0.4, 0.5) is 0 Å². The van der Waals surface area contributed by atoms with E-state index in [-0.39, 0.29) is 12.6 Å². The topological polar surface area (TPSA) is 124 Å². The van der Waals surface area contributed by atoms with Gasteiger partial charge >= 0.3 is 11.9 Å². The Morgan fingerprint density at radius 3 is 1.79 bits per heavy atom. The fourth-order valence-electron chi connectivity index (χ4n) is 1.24. The normalized spacial score (nSPS) is 8.07. The standard InChI is InChI=1S/C8H8.C7H12O2.C4H7NO2.C3H4O2/c1-2-8-6-4-3-5-7-8;1-3-4-5-6(2)7(8)9;1-2-4(7)5-3-6;1-2-3(4)5/h2-7H,1H2;2-5H2,1H3,(H,8,9);2,6H,1,3H2,(H,5,7);2H,1H2,(H,4,5). The maximum absolute atomic E-state index is 10.1. The zero-order chi connectivity index (χ0) is 23.1. The second-order valence-corrected chi connectivity index (χ2v) is 5.07. The van der Waals surface area contributed by atoms with Crippen molar-refractivity contribution in [2.24, 2.45) is 0 Å². The van der Waals surface area contributed by atoms with Crippen LogP contribution in [0.5, 0.6) is 0 Å². The van der Waals surface area contributed by atoms with Crippen molar-refractivity contribution in [3.63, 3.8) is 0 Å². The molecule has 0 bridgehead atoms. The zero-order valence-electron chi connectivity index (χ0n) is 16.8. The molecule has 7 heteroatoms. The van der Waals surface area contributed by atoms with E-state index in [1.54, 1.807) is 0 Å². The van der Waals surface area contributed by atoms with Gasteiger partial charge in [-0.15, -0.1) is 0 Å². The molecule has 29 heavy (non-hydrogen) atoms. The summed E-state index contributed by atoms with van der Waals surface area (Å²) in [5.41, 5.74) is 1.49. The van der Waals surface area contributed by atoms with Crippen molar-refractivity contribution in [2.75, 3.05) is 6.73 Å². The molecular formula is C22H31NO6. The highest BCUT2D eigenvalue weighted by Gasteiger charge is 2.00. The molecule has 0 aromatic heterocycles. The fourth-order valence-corrected chi connectivity index (χ4v) is 1.24. The summed E-state index contributed by atoms with van der Waals surface area (Å²) in [6, 6.07) is 10.0. The Morgan fingerprint density at radius 1 is 1.03 bits per heavy atom.